The molecule has 1 atom stereocenters. The highest BCUT2D eigenvalue weighted by Gasteiger charge is 2.23. The molecule has 0 saturated heterocycles. The summed E-state index contributed by atoms with van der Waals surface area (Å²) in [4.78, 5) is 18.2. The normalized spacial score (nSPS) is 13.2. The quantitative estimate of drug-likeness (QED) is 0.353. The van der Waals surface area contributed by atoms with Crippen molar-refractivity contribution in [2.45, 2.75) is 77.2 Å². The van der Waals surface area contributed by atoms with E-state index < -0.39 is 13.9 Å². The zero-order chi connectivity index (χ0) is 17.0. The molecule has 0 spiro atoms. The maximum Gasteiger partial charge on any atom is 0.470 e. The average molecular weight is 342 g/mol. The Kier molecular flexibility index (Phi) is 10.5. The maximum absolute atomic E-state index is 11.1. The lowest BCUT2D eigenvalue weighted by Crippen LogP contribution is -2.03. The number of benzene rings is 1. The number of hydrogen-bond acceptors (Lipinski definition) is 2. The van der Waals surface area contributed by atoms with Gasteiger partial charge in [0.2, 0.25) is 0 Å². The largest absolute Gasteiger partial charge is 0.470 e. The van der Waals surface area contributed by atoms with Crippen molar-refractivity contribution in [3.8, 4) is 0 Å². The topological polar surface area (TPSA) is 66.8 Å². The molecule has 0 radical (unpaired) electrons. The first-order chi connectivity index (χ1) is 11.0. The molecule has 0 heterocycles. The van der Waals surface area contributed by atoms with Crippen molar-refractivity contribution < 1.29 is 18.9 Å². The first-order valence-corrected chi connectivity index (χ1v) is 10.3. The van der Waals surface area contributed by atoms with Gasteiger partial charge in [-0.1, -0.05) is 95.0 Å². The fourth-order valence-corrected chi connectivity index (χ4v) is 3.31. The standard InChI is InChI=1S/C18H31O4P/c1-2-3-4-5-6-7-8-9-13-16-18(22-23(19,20)21)17-14-11-10-12-15-17/h10-12,14-15,18H,2-9,13,16H2,1H3,(H2,19,20,21). The Hall–Kier alpha value is -0.670. The Morgan fingerprint density at radius 3 is 1.96 bits per heavy atom. The van der Waals surface area contributed by atoms with Gasteiger partial charge in [0.25, 0.3) is 0 Å². The van der Waals surface area contributed by atoms with Crippen molar-refractivity contribution in [3.63, 3.8) is 0 Å². The van der Waals surface area contributed by atoms with Gasteiger partial charge in [-0.05, 0) is 12.0 Å². The van der Waals surface area contributed by atoms with Gasteiger partial charge in [0.1, 0.15) is 0 Å². The summed E-state index contributed by atoms with van der Waals surface area (Å²) in [6, 6.07) is 9.32. The van der Waals surface area contributed by atoms with Crippen LogP contribution in [-0.4, -0.2) is 9.79 Å². The third kappa shape index (κ3) is 10.7. The van der Waals surface area contributed by atoms with Crippen LogP contribution in [0.25, 0.3) is 0 Å². The van der Waals surface area contributed by atoms with Crippen LogP contribution in [0, 0.1) is 0 Å². The van der Waals surface area contributed by atoms with E-state index in [1.165, 1.54) is 44.9 Å². The van der Waals surface area contributed by atoms with E-state index in [4.69, 9.17) is 14.3 Å². The highest BCUT2D eigenvalue weighted by molar-refractivity contribution is 7.46. The highest BCUT2D eigenvalue weighted by atomic mass is 31.2. The minimum Gasteiger partial charge on any atom is -0.303 e. The van der Waals surface area contributed by atoms with Crippen molar-refractivity contribution in [1.29, 1.82) is 0 Å². The summed E-state index contributed by atoms with van der Waals surface area (Å²) in [5, 5.41) is 0. The Labute approximate surface area is 140 Å². The highest BCUT2D eigenvalue weighted by Crippen LogP contribution is 2.44. The summed E-state index contributed by atoms with van der Waals surface area (Å²) in [5.74, 6) is 0. The molecular weight excluding hydrogens is 311 g/mol. The fraction of sp³-hybridized carbons (Fsp3) is 0.667. The van der Waals surface area contributed by atoms with E-state index in [-0.39, 0.29) is 0 Å². The van der Waals surface area contributed by atoms with Crippen molar-refractivity contribution >= 4 is 7.82 Å². The van der Waals surface area contributed by atoms with Gasteiger partial charge in [-0.3, -0.25) is 4.52 Å². The van der Waals surface area contributed by atoms with Gasteiger partial charge >= 0.3 is 7.82 Å². The van der Waals surface area contributed by atoms with Crippen LogP contribution in [0.1, 0.15) is 82.8 Å². The van der Waals surface area contributed by atoms with E-state index in [0.717, 1.165) is 18.4 Å². The summed E-state index contributed by atoms with van der Waals surface area (Å²) in [6.45, 7) is 2.23. The molecule has 0 amide bonds. The lowest BCUT2D eigenvalue weighted by molar-refractivity contribution is 0.125. The molecule has 0 fully saturated rings. The minimum atomic E-state index is -4.46. The zero-order valence-electron chi connectivity index (χ0n) is 14.2. The van der Waals surface area contributed by atoms with Gasteiger partial charge < -0.3 is 9.79 Å². The van der Waals surface area contributed by atoms with Crippen LogP contribution in [0.4, 0.5) is 0 Å². The van der Waals surface area contributed by atoms with E-state index >= 15 is 0 Å². The van der Waals surface area contributed by atoms with Crippen molar-refractivity contribution in [2.24, 2.45) is 0 Å². The third-order valence-electron chi connectivity index (χ3n) is 4.01. The molecule has 4 nitrogen and oxygen atoms in total. The summed E-state index contributed by atoms with van der Waals surface area (Å²) in [7, 11) is -4.46. The summed E-state index contributed by atoms with van der Waals surface area (Å²) in [6.07, 6.45) is 11.1. The average Bonchev–Trinajstić information content (AvgIpc) is 2.52. The van der Waals surface area contributed by atoms with E-state index in [0.29, 0.717) is 6.42 Å². The molecule has 1 aromatic carbocycles. The number of phosphoric acid groups is 1. The van der Waals surface area contributed by atoms with Crippen molar-refractivity contribution in [3.05, 3.63) is 35.9 Å². The van der Waals surface area contributed by atoms with Crippen LogP contribution in [-0.2, 0) is 9.09 Å². The number of hydrogen-bond donors (Lipinski definition) is 2. The second-order valence-electron chi connectivity index (χ2n) is 6.11. The fourth-order valence-electron chi connectivity index (χ4n) is 2.75. The Morgan fingerprint density at radius 1 is 0.913 bits per heavy atom. The molecule has 0 bridgehead atoms. The van der Waals surface area contributed by atoms with E-state index in [9.17, 15) is 4.57 Å². The molecule has 0 aliphatic carbocycles. The van der Waals surface area contributed by atoms with Crippen LogP contribution in [0.5, 0.6) is 0 Å². The Balaban J connectivity index is 2.26. The smallest absolute Gasteiger partial charge is 0.303 e. The molecule has 1 aromatic rings. The molecule has 1 rings (SSSR count). The number of phosphoric ester groups is 1. The summed E-state index contributed by atoms with van der Waals surface area (Å²) >= 11 is 0. The molecule has 5 heteroatoms. The zero-order valence-corrected chi connectivity index (χ0v) is 15.1. The lowest BCUT2D eigenvalue weighted by atomic mass is 10.0. The molecule has 0 aliphatic rings. The third-order valence-corrected chi connectivity index (χ3v) is 4.53. The molecule has 2 N–H and O–H groups in total. The van der Waals surface area contributed by atoms with Crippen LogP contribution >= 0.6 is 7.82 Å². The molecule has 0 saturated carbocycles. The minimum absolute atomic E-state index is 0.526. The molecular formula is C18H31O4P. The predicted molar refractivity (Wildman–Crippen MR) is 94.2 cm³/mol. The van der Waals surface area contributed by atoms with E-state index in [1.54, 1.807) is 0 Å². The maximum atomic E-state index is 11.1. The van der Waals surface area contributed by atoms with Crippen LogP contribution in [0.2, 0.25) is 0 Å². The Bertz CT molecular complexity index is 444. The molecule has 132 valence electrons. The van der Waals surface area contributed by atoms with Gasteiger partial charge in [0.15, 0.2) is 0 Å². The number of rotatable bonds is 13. The molecule has 1 unspecified atom stereocenters. The SMILES string of the molecule is CCCCCCCCCCCC(OP(=O)(O)O)c1ccccc1. The lowest BCUT2D eigenvalue weighted by Gasteiger charge is -2.18. The van der Waals surface area contributed by atoms with Crippen LogP contribution < -0.4 is 0 Å². The second-order valence-corrected chi connectivity index (χ2v) is 7.30. The van der Waals surface area contributed by atoms with Gasteiger partial charge in [0, 0.05) is 0 Å². The first kappa shape index (κ1) is 20.4. The van der Waals surface area contributed by atoms with Gasteiger partial charge in [-0.2, -0.15) is 0 Å². The van der Waals surface area contributed by atoms with E-state index in [1.807, 2.05) is 30.3 Å². The molecule has 0 aromatic heterocycles. The second kappa shape index (κ2) is 11.8. The van der Waals surface area contributed by atoms with Crippen molar-refractivity contribution in [1.82, 2.24) is 0 Å². The number of unbranched alkanes of at least 4 members (excludes halogenated alkanes) is 8. The molecule has 23 heavy (non-hydrogen) atoms. The van der Waals surface area contributed by atoms with E-state index in [2.05, 4.69) is 6.92 Å². The monoisotopic (exact) mass is 342 g/mol. The van der Waals surface area contributed by atoms with Gasteiger partial charge in [-0.15, -0.1) is 0 Å². The first-order valence-electron chi connectivity index (χ1n) is 8.82. The predicted octanol–water partition coefficient (Wildman–Crippen LogP) is 5.76. The van der Waals surface area contributed by atoms with Gasteiger partial charge in [0.05, 0.1) is 6.10 Å². The van der Waals surface area contributed by atoms with Crippen LogP contribution in [0.3, 0.4) is 0 Å². The summed E-state index contributed by atoms with van der Waals surface area (Å²) < 4.78 is 16.1. The van der Waals surface area contributed by atoms with Crippen molar-refractivity contribution in [2.75, 3.05) is 0 Å². The molecule has 0 aliphatic heterocycles. The van der Waals surface area contributed by atoms with Gasteiger partial charge in [-0.25, -0.2) is 4.57 Å². The Morgan fingerprint density at radius 2 is 1.43 bits per heavy atom. The van der Waals surface area contributed by atoms with Crippen LogP contribution in [0.15, 0.2) is 30.3 Å². The summed E-state index contributed by atoms with van der Waals surface area (Å²) in [5.41, 5.74) is 0.829.